The molecule has 0 spiro atoms. The minimum absolute atomic E-state index is 0.0386. The molecule has 0 aliphatic carbocycles. The normalized spacial score (nSPS) is 10.7. The van der Waals surface area contributed by atoms with Gasteiger partial charge in [0.2, 0.25) is 0 Å². The number of hydrogen-bond acceptors (Lipinski definition) is 5. The standard InChI is InChI=1S/C20H21N3O2S/c1-4-23-19(16-9-5-7-14(2)11-16)21-22-20(23)26-13-18(24)15-8-6-10-17(12-15)25-3/h5-12H,4,13H2,1-3H3. The van der Waals surface area contributed by atoms with Gasteiger partial charge in [-0.2, -0.15) is 0 Å². The average Bonchev–Trinajstić information content (AvgIpc) is 3.09. The molecule has 0 saturated heterocycles. The zero-order valence-corrected chi connectivity index (χ0v) is 15.9. The number of carbonyl (C=O) groups is 1. The summed E-state index contributed by atoms with van der Waals surface area (Å²) in [5.74, 6) is 1.85. The van der Waals surface area contributed by atoms with Gasteiger partial charge in [-0.05, 0) is 32.0 Å². The number of rotatable bonds is 7. The third-order valence-electron chi connectivity index (χ3n) is 4.03. The van der Waals surface area contributed by atoms with Crippen LogP contribution in [0.2, 0.25) is 0 Å². The van der Waals surface area contributed by atoms with E-state index in [2.05, 4.69) is 36.2 Å². The minimum atomic E-state index is 0.0386. The Kier molecular flexibility index (Phi) is 5.73. The van der Waals surface area contributed by atoms with Crippen LogP contribution >= 0.6 is 11.8 Å². The molecular weight excluding hydrogens is 346 g/mol. The van der Waals surface area contributed by atoms with E-state index in [1.165, 1.54) is 17.3 Å². The third kappa shape index (κ3) is 3.96. The maximum Gasteiger partial charge on any atom is 0.191 e. The minimum Gasteiger partial charge on any atom is -0.497 e. The molecule has 0 saturated carbocycles. The summed E-state index contributed by atoms with van der Waals surface area (Å²) in [6.07, 6.45) is 0. The molecule has 1 heterocycles. The van der Waals surface area contributed by atoms with Crippen LogP contribution in [0.1, 0.15) is 22.8 Å². The van der Waals surface area contributed by atoms with Gasteiger partial charge in [-0.1, -0.05) is 47.7 Å². The molecule has 0 unspecified atom stereocenters. The van der Waals surface area contributed by atoms with Crippen molar-refractivity contribution in [2.75, 3.05) is 12.9 Å². The first-order valence-corrected chi connectivity index (χ1v) is 9.41. The van der Waals surface area contributed by atoms with Crippen LogP contribution in [0.3, 0.4) is 0 Å². The first kappa shape index (κ1) is 18.2. The fourth-order valence-corrected chi connectivity index (χ4v) is 3.59. The topological polar surface area (TPSA) is 57.0 Å². The molecule has 0 bridgehead atoms. The average molecular weight is 367 g/mol. The lowest BCUT2D eigenvalue weighted by molar-refractivity contribution is 0.102. The second-order valence-electron chi connectivity index (χ2n) is 5.86. The highest BCUT2D eigenvalue weighted by molar-refractivity contribution is 7.99. The summed E-state index contributed by atoms with van der Waals surface area (Å²) in [5.41, 5.74) is 2.85. The number of thioether (sulfide) groups is 1. The summed E-state index contributed by atoms with van der Waals surface area (Å²) in [6, 6.07) is 15.4. The van der Waals surface area contributed by atoms with Crippen LogP contribution in [0.5, 0.6) is 5.75 Å². The number of methoxy groups -OCH3 is 1. The fourth-order valence-electron chi connectivity index (χ4n) is 2.69. The molecule has 0 aliphatic heterocycles. The van der Waals surface area contributed by atoms with Gasteiger partial charge in [-0.25, -0.2) is 0 Å². The lowest BCUT2D eigenvalue weighted by Crippen LogP contribution is -2.05. The van der Waals surface area contributed by atoms with Gasteiger partial charge in [-0.3, -0.25) is 4.79 Å². The van der Waals surface area contributed by atoms with Gasteiger partial charge in [0, 0.05) is 17.7 Å². The van der Waals surface area contributed by atoms with E-state index in [4.69, 9.17) is 4.74 Å². The van der Waals surface area contributed by atoms with Crippen LogP contribution in [-0.2, 0) is 6.54 Å². The predicted octanol–water partition coefficient (Wildman–Crippen LogP) is 4.26. The third-order valence-corrected chi connectivity index (χ3v) is 5.00. The highest BCUT2D eigenvalue weighted by Crippen LogP contribution is 2.25. The van der Waals surface area contributed by atoms with Crippen LogP contribution < -0.4 is 4.74 Å². The summed E-state index contributed by atoms with van der Waals surface area (Å²) < 4.78 is 7.22. The highest BCUT2D eigenvalue weighted by atomic mass is 32.2. The lowest BCUT2D eigenvalue weighted by atomic mass is 10.1. The molecule has 2 aromatic carbocycles. The van der Waals surface area contributed by atoms with Crippen LogP contribution in [0.4, 0.5) is 0 Å². The monoisotopic (exact) mass is 367 g/mol. The van der Waals surface area contributed by atoms with Gasteiger partial charge in [0.15, 0.2) is 16.8 Å². The quantitative estimate of drug-likeness (QED) is 0.461. The van der Waals surface area contributed by atoms with Crippen molar-refractivity contribution < 1.29 is 9.53 Å². The van der Waals surface area contributed by atoms with Crippen molar-refractivity contribution in [2.24, 2.45) is 0 Å². The van der Waals surface area contributed by atoms with Crippen molar-refractivity contribution in [1.82, 2.24) is 14.8 Å². The summed E-state index contributed by atoms with van der Waals surface area (Å²) in [4.78, 5) is 12.5. The Labute approximate surface area is 157 Å². The van der Waals surface area contributed by atoms with Gasteiger partial charge in [0.05, 0.1) is 12.9 Å². The molecule has 26 heavy (non-hydrogen) atoms. The second kappa shape index (κ2) is 8.19. The Balaban J connectivity index is 1.77. The van der Waals surface area contributed by atoms with E-state index >= 15 is 0 Å². The predicted molar refractivity (Wildman–Crippen MR) is 104 cm³/mol. The summed E-state index contributed by atoms with van der Waals surface area (Å²) in [6.45, 7) is 4.85. The van der Waals surface area contributed by atoms with Crippen molar-refractivity contribution in [2.45, 2.75) is 25.5 Å². The van der Waals surface area contributed by atoms with Gasteiger partial charge < -0.3 is 9.30 Å². The summed E-state index contributed by atoms with van der Waals surface area (Å²) in [5, 5.41) is 9.38. The highest BCUT2D eigenvalue weighted by Gasteiger charge is 2.15. The molecule has 0 aliphatic rings. The number of hydrogen-bond donors (Lipinski definition) is 0. The molecule has 3 rings (SSSR count). The van der Waals surface area contributed by atoms with Crippen molar-refractivity contribution in [3.8, 4) is 17.1 Å². The molecule has 134 valence electrons. The molecule has 1 aromatic heterocycles. The van der Waals surface area contributed by atoms with E-state index in [0.717, 1.165) is 23.1 Å². The van der Waals surface area contributed by atoms with Gasteiger partial charge in [-0.15, -0.1) is 10.2 Å². The molecule has 3 aromatic rings. The first-order chi connectivity index (χ1) is 12.6. The lowest BCUT2D eigenvalue weighted by Gasteiger charge is -2.08. The van der Waals surface area contributed by atoms with Crippen LogP contribution in [0.25, 0.3) is 11.4 Å². The maximum absolute atomic E-state index is 12.5. The number of benzene rings is 2. The van der Waals surface area contributed by atoms with Gasteiger partial charge in [0.1, 0.15) is 5.75 Å². The van der Waals surface area contributed by atoms with E-state index in [1.807, 2.05) is 28.8 Å². The Morgan fingerprint density at radius 1 is 1.15 bits per heavy atom. The van der Waals surface area contributed by atoms with Crippen molar-refractivity contribution in [3.05, 3.63) is 59.7 Å². The Bertz CT molecular complexity index is 921. The van der Waals surface area contributed by atoms with E-state index in [0.29, 0.717) is 17.1 Å². The number of aryl methyl sites for hydroxylation is 1. The molecule has 0 amide bonds. The van der Waals surface area contributed by atoms with Crippen LogP contribution in [-0.4, -0.2) is 33.4 Å². The zero-order valence-electron chi connectivity index (χ0n) is 15.1. The Morgan fingerprint density at radius 2 is 1.96 bits per heavy atom. The summed E-state index contributed by atoms with van der Waals surface area (Å²) >= 11 is 1.41. The largest absolute Gasteiger partial charge is 0.497 e. The number of ether oxygens (including phenoxy) is 1. The Hall–Kier alpha value is -2.60. The molecule has 5 nitrogen and oxygen atoms in total. The SMILES string of the molecule is CCn1c(SCC(=O)c2cccc(OC)c2)nnc1-c1cccc(C)c1. The van der Waals surface area contributed by atoms with E-state index in [9.17, 15) is 4.79 Å². The van der Waals surface area contributed by atoms with Crippen molar-refractivity contribution in [1.29, 1.82) is 0 Å². The Morgan fingerprint density at radius 3 is 2.69 bits per heavy atom. The van der Waals surface area contributed by atoms with Crippen molar-refractivity contribution >= 4 is 17.5 Å². The van der Waals surface area contributed by atoms with Gasteiger partial charge in [0.25, 0.3) is 0 Å². The van der Waals surface area contributed by atoms with E-state index in [-0.39, 0.29) is 5.78 Å². The number of Topliss-reactive ketones (excluding diaryl/α,β-unsaturated/α-hetero) is 1. The molecule has 0 fully saturated rings. The molecule has 0 radical (unpaired) electrons. The number of ketones is 1. The number of nitrogens with zero attached hydrogens (tertiary/aromatic N) is 3. The number of aromatic nitrogens is 3. The van der Waals surface area contributed by atoms with Gasteiger partial charge >= 0.3 is 0 Å². The van der Waals surface area contributed by atoms with E-state index < -0.39 is 0 Å². The second-order valence-corrected chi connectivity index (χ2v) is 6.81. The molecular formula is C20H21N3O2S. The molecule has 0 N–H and O–H groups in total. The first-order valence-electron chi connectivity index (χ1n) is 8.42. The summed E-state index contributed by atoms with van der Waals surface area (Å²) in [7, 11) is 1.59. The number of carbonyl (C=O) groups excluding carboxylic acids is 1. The van der Waals surface area contributed by atoms with Crippen molar-refractivity contribution in [3.63, 3.8) is 0 Å². The molecule has 6 heteroatoms. The maximum atomic E-state index is 12.5. The van der Waals surface area contributed by atoms with Crippen LogP contribution in [0, 0.1) is 6.92 Å². The van der Waals surface area contributed by atoms with Crippen LogP contribution in [0.15, 0.2) is 53.7 Å². The zero-order chi connectivity index (χ0) is 18.5. The molecule has 0 atom stereocenters. The smallest absolute Gasteiger partial charge is 0.191 e. The van der Waals surface area contributed by atoms with E-state index in [1.54, 1.807) is 19.2 Å². The fraction of sp³-hybridized carbons (Fsp3) is 0.250.